The third kappa shape index (κ3) is 4.40. The van der Waals surface area contributed by atoms with Crippen LogP contribution >= 0.6 is 0 Å². The van der Waals surface area contributed by atoms with Crippen LogP contribution < -0.4 is 4.57 Å². The van der Waals surface area contributed by atoms with Crippen molar-refractivity contribution in [1.29, 1.82) is 0 Å². The predicted molar refractivity (Wildman–Crippen MR) is 56.8 cm³/mol. The van der Waals surface area contributed by atoms with Crippen molar-refractivity contribution in [3.63, 3.8) is 0 Å². The molecule has 0 saturated heterocycles. The lowest BCUT2D eigenvalue weighted by Crippen LogP contribution is -2.23. The monoisotopic (exact) mass is 196 g/mol. The number of rotatable bonds is 7. The van der Waals surface area contributed by atoms with E-state index in [4.69, 9.17) is 0 Å². The summed E-state index contributed by atoms with van der Waals surface area (Å²) < 4.78 is 4.00. The van der Waals surface area contributed by atoms with Crippen LogP contribution in [0.2, 0.25) is 0 Å². The average molecular weight is 196 g/mol. The molecule has 14 heavy (non-hydrogen) atoms. The van der Waals surface area contributed by atoms with Gasteiger partial charge in [-0.3, -0.25) is 0 Å². The van der Waals surface area contributed by atoms with Crippen LogP contribution in [0.1, 0.15) is 45.4 Å². The summed E-state index contributed by atoms with van der Waals surface area (Å²) in [5.74, 6) is 0. The van der Waals surface area contributed by atoms with Crippen LogP contribution in [-0.4, -0.2) is 9.78 Å². The maximum Gasteiger partial charge on any atom is 0.264 e. The first-order valence-electron chi connectivity index (χ1n) is 5.70. The Morgan fingerprint density at radius 3 is 2.50 bits per heavy atom. The van der Waals surface area contributed by atoms with Gasteiger partial charge in [-0.25, -0.2) is 4.57 Å². The molecule has 3 heteroatoms. The minimum absolute atomic E-state index is 1.06. The second-order valence-corrected chi connectivity index (χ2v) is 3.94. The first-order chi connectivity index (χ1) is 6.83. The zero-order chi connectivity index (χ0) is 10.2. The Morgan fingerprint density at radius 1 is 1.14 bits per heavy atom. The molecule has 0 amide bonds. The molecule has 0 radical (unpaired) electrons. The molecule has 0 aromatic carbocycles. The SMILES string of the molecule is CCCCCCCCn1c[n+](C)cn1. The maximum absolute atomic E-state index is 4.23. The van der Waals surface area contributed by atoms with Gasteiger partial charge < -0.3 is 0 Å². The molecular weight excluding hydrogens is 174 g/mol. The molecule has 0 saturated carbocycles. The van der Waals surface area contributed by atoms with Crippen molar-refractivity contribution in [3.8, 4) is 0 Å². The first-order valence-corrected chi connectivity index (χ1v) is 5.70. The smallest absolute Gasteiger partial charge is 0.240 e. The van der Waals surface area contributed by atoms with E-state index in [0.29, 0.717) is 0 Å². The van der Waals surface area contributed by atoms with Gasteiger partial charge in [0.15, 0.2) is 0 Å². The highest BCUT2D eigenvalue weighted by atomic mass is 15.3. The minimum Gasteiger partial charge on any atom is -0.240 e. The van der Waals surface area contributed by atoms with Gasteiger partial charge in [0.05, 0.1) is 7.05 Å². The van der Waals surface area contributed by atoms with E-state index in [9.17, 15) is 0 Å². The highest BCUT2D eigenvalue weighted by Crippen LogP contribution is 2.05. The number of unbranched alkanes of at least 4 members (excludes halogenated alkanes) is 5. The van der Waals surface area contributed by atoms with Gasteiger partial charge in [-0.15, -0.1) is 4.68 Å². The molecule has 1 aromatic rings. The van der Waals surface area contributed by atoms with Crippen molar-refractivity contribution in [2.75, 3.05) is 0 Å². The van der Waals surface area contributed by atoms with Crippen LogP contribution in [0, 0.1) is 0 Å². The zero-order valence-corrected chi connectivity index (χ0v) is 9.45. The van der Waals surface area contributed by atoms with Crippen LogP contribution in [0.3, 0.4) is 0 Å². The van der Waals surface area contributed by atoms with Crippen molar-refractivity contribution in [2.24, 2.45) is 7.05 Å². The van der Waals surface area contributed by atoms with E-state index in [1.165, 1.54) is 38.5 Å². The van der Waals surface area contributed by atoms with Gasteiger partial charge in [-0.05, 0) is 6.42 Å². The lowest BCUT2D eigenvalue weighted by atomic mass is 10.1. The fourth-order valence-corrected chi connectivity index (χ4v) is 1.59. The zero-order valence-electron chi connectivity index (χ0n) is 9.45. The van der Waals surface area contributed by atoms with Gasteiger partial charge in [0.25, 0.3) is 6.33 Å². The van der Waals surface area contributed by atoms with E-state index in [0.717, 1.165) is 6.54 Å². The molecule has 0 aliphatic rings. The quantitative estimate of drug-likeness (QED) is 0.483. The van der Waals surface area contributed by atoms with Crippen molar-refractivity contribution < 1.29 is 4.57 Å². The maximum atomic E-state index is 4.23. The molecule has 0 spiro atoms. The summed E-state index contributed by atoms with van der Waals surface area (Å²) in [7, 11) is 2.00. The van der Waals surface area contributed by atoms with Gasteiger partial charge in [-0.1, -0.05) is 39.0 Å². The molecule has 0 aliphatic carbocycles. The van der Waals surface area contributed by atoms with E-state index in [1.807, 2.05) is 29.0 Å². The Hall–Kier alpha value is -0.860. The van der Waals surface area contributed by atoms with Crippen LogP contribution in [0.4, 0.5) is 0 Å². The molecule has 1 heterocycles. The average Bonchev–Trinajstić information content (AvgIpc) is 2.58. The number of hydrogen-bond donors (Lipinski definition) is 0. The standard InChI is InChI=1S/C11H22N3/c1-3-4-5-6-7-8-9-14-11-13(2)10-12-14/h10-11H,3-9H2,1-2H3/q+1. The molecule has 1 rings (SSSR count). The van der Waals surface area contributed by atoms with Crippen LogP contribution in [-0.2, 0) is 13.6 Å². The van der Waals surface area contributed by atoms with Crippen molar-refractivity contribution >= 4 is 0 Å². The molecule has 80 valence electrons. The van der Waals surface area contributed by atoms with Gasteiger partial charge in [0.2, 0.25) is 6.33 Å². The third-order valence-electron chi connectivity index (χ3n) is 2.44. The van der Waals surface area contributed by atoms with Crippen molar-refractivity contribution in [3.05, 3.63) is 12.7 Å². The van der Waals surface area contributed by atoms with Crippen molar-refractivity contribution in [2.45, 2.75) is 52.0 Å². The fraction of sp³-hybridized carbons (Fsp3) is 0.818. The van der Waals surface area contributed by atoms with Crippen molar-refractivity contribution in [1.82, 2.24) is 9.78 Å². The molecule has 0 N–H and O–H groups in total. The number of aromatic nitrogens is 3. The molecule has 0 fully saturated rings. The topological polar surface area (TPSA) is 21.7 Å². The van der Waals surface area contributed by atoms with Gasteiger partial charge in [0.1, 0.15) is 6.54 Å². The summed E-state index contributed by atoms with van der Waals surface area (Å²) in [6.07, 6.45) is 12.0. The Kier molecular flexibility index (Phi) is 5.27. The lowest BCUT2D eigenvalue weighted by Gasteiger charge is -1.97. The van der Waals surface area contributed by atoms with Gasteiger partial charge in [0, 0.05) is 5.10 Å². The van der Waals surface area contributed by atoms with Crippen LogP contribution in [0.15, 0.2) is 12.7 Å². The lowest BCUT2D eigenvalue weighted by molar-refractivity contribution is -0.672. The molecule has 0 aliphatic heterocycles. The summed E-state index contributed by atoms with van der Waals surface area (Å²) in [5.41, 5.74) is 0. The summed E-state index contributed by atoms with van der Waals surface area (Å²) in [6, 6.07) is 0. The first kappa shape index (κ1) is 11.2. The highest BCUT2D eigenvalue weighted by Gasteiger charge is 2.00. The van der Waals surface area contributed by atoms with E-state index < -0.39 is 0 Å². The number of nitrogens with zero attached hydrogens (tertiary/aromatic N) is 3. The summed E-state index contributed by atoms with van der Waals surface area (Å²) in [6.45, 7) is 3.32. The van der Waals surface area contributed by atoms with E-state index in [-0.39, 0.29) is 0 Å². The summed E-state index contributed by atoms with van der Waals surface area (Å²) in [4.78, 5) is 0. The molecule has 0 unspecified atom stereocenters. The third-order valence-corrected chi connectivity index (χ3v) is 2.44. The van der Waals surface area contributed by atoms with E-state index in [2.05, 4.69) is 12.0 Å². The fourth-order valence-electron chi connectivity index (χ4n) is 1.59. The summed E-state index contributed by atoms with van der Waals surface area (Å²) >= 11 is 0. The normalized spacial score (nSPS) is 10.7. The molecular formula is C11H22N3+. The Bertz CT molecular complexity index is 242. The van der Waals surface area contributed by atoms with E-state index >= 15 is 0 Å². The number of aryl methyl sites for hydroxylation is 2. The second kappa shape index (κ2) is 6.57. The summed E-state index contributed by atoms with van der Waals surface area (Å²) in [5, 5.41) is 4.23. The van der Waals surface area contributed by atoms with Gasteiger partial charge >= 0.3 is 0 Å². The molecule has 0 atom stereocenters. The van der Waals surface area contributed by atoms with Crippen LogP contribution in [0.5, 0.6) is 0 Å². The molecule has 1 aromatic heterocycles. The number of hydrogen-bond acceptors (Lipinski definition) is 1. The Balaban J connectivity index is 1.99. The van der Waals surface area contributed by atoms with Crippen LogP contribution in [0.25, 0.3) is 0 Å². The Labute approximate surface area is 86.8 Å². The van der Waals surface area contributed by atoms with E-state index in [1.54, 1.807) is 0 Å². The highest BCUT2D eigenvalue weighted by molar-refractivity contribution is 4.48. The molecule has 0 bridgehead atoms. The Morgan fingerprint density at radius 2 is 1.86 bits per heavy atom. The predicted octanol–water partition coefficient (Wildman–Crippen LogP) is 2.07. The largest absolute Gasteiger partial charge is 0.264 e. The second-order valence-electron chi connectivity index (χ2n) is 3.94. The minimum atomic E-state index is 1.06. The molecule has 3 nitrogen and oxygen atoms in total. The van der Waals surface area contributed by atoms with Gasteiger partial charge in [-0.2, -0.15) is 0 Å².